The molecule has 1 saturated heterocycles. The first-order chi connectivity index (χ1) is 32.7. The number of nitrogens with zero attached hydrogens (tertiary/aromatic N) is 11. The van der Waals surface area contributed by atoms with Crippen LogP contribution in [0.2, 0.25) is 0 Å². The lowest BCUT2D eigenvalue weighted by atomic mass is 10.0. The molecule has 1 amide bonds. The number of likely N-dealkylation sites (N-methyl/N-ethyl adjacent to an activating group) is 2. The zero-order valence-electron chi connectivity index (χ0n) is 42.2. The summed E-state index contributed by atoms with van der Waals surface area (Å²) in [5, 5.41) is 42.3. The summed E-state index contributed by atoms with van der Waals surface area (Å²) in [4.78, 5) is 53.8. The zero-order valence-corrected chi connectivity index (χ0v) is 42.2. The van der Waals surface area contributed by atoms with Crippen LogP contribution in [0.4, 0.5) is 5.69 Å². The molecule has 3 aromatic rings. The van der Waals surface area contributed by atoms with Crippen LogP contribution in [0.25, 0.3) is 23.0 Å². The minimum atomic E-state index is -0.936. The first kappa shape index (κ1) is 56.2. The van der Waals surface area contributed by atoms with E-state index in [2.05, 4.69) is 98.6 Å². The average molecular weight is 961 g/mol. The number of hydrogen-bond acceptors (Lipinski definition) is 17. The predicted molar refractivity (Wildman–Crippen MR) is 266 cm³/mol. The molecule has 1 aliphatic heterocycles. The normalized spacial score (nSPS) is 15.5. The maximum absolute atomic E-state index is 13.9. The number of aromatic nitrogens is 6. The van der Waals surface area contributed by atoms with E-state index in [1.54, 1.807) is 24.5 Å². The Bertz CT molecular complexity index is 2070. The number of pyridine rings is 2. The van der Waals surface area contributed by atoms with Crippen molar-refractivity contribution < 1.29 is 38.6 Å². The number of ether oxygens (including phenoxy) is 2. The lowest BCUT2D eigenvalue weighted by molar-refractivity contribution is -0.814. The van der Waals surface area contributed by atoms with Crippen LogP contribution in [0, 0.1) is 0 Å². The average Bonchev–Trinajstić information content (AvgIpc) is 3.30. The summed E-state index contributed by atoms with van der Waals surface area (Å²) < 4.78 is 12.8. The van der Waals surface area contributed by atoms with Gasteiger partial charge in [-0.25, -0.2) is 4.79 Å². The van der Waals surface area contributed by atoms with E-state index >= 15 is 0 Å². The summed E-state index contributed by atoms with van der Waals surface area (Å²) in [5.74, 6) is -1.09. The molecule has 4 heterocycles. The van der Waals surface area contributed by atoms with Crippen molar-refractivity contribution in [3.8, 4) is 23.0 Å². The van der Waals surface area contributed by atoms with E-state index < -0.39 is 23.1 Å². The largest absolute Gasteiger partial charge is 0.480 e. The van der Waals surface area contributed by atoms with Crippen LogP contribution in [0.5, 0.6) is 0 Å². The van der Waals surface area contributed by atoms with E-state index in [4.69, 9.17) is 9.47 Å². The molecule has 0 spiro atoms. The smallest absolute Gasteiger partial charge is 0.327 e. The molecule has 0 saturated carbocycles. The fourth-order valence-corrected chi connectivity index (χ4v) is 7.48. The van der Waals surface area contributed by atoms with Crippen LogP contribution in [0.3, 0.4) is 0 Å². The molecule has 4 N–H and O–H groups in total. The molecule has 4 rings (SSSR count). The number of anilines is 1. The Morgan fingerprint density at radius 3 is 1.74 bits per heavy atom. The number of carbonyl (C=O) groups excluding carboxylic acids is 1. The van der Waals surface area contributed by atoms with Gasteiger partial charge in [-0.15, -0.1) is 20.4 Å². The number of quaternary nitrogens is 1. The van der Waals surface area contributed by atoms with Gasteiger partial charge in [0.2, 0.25) is 11.6 Å². The van der Waals surface area contributed by atoms with E-state index in [0.717, 1.165) is 49.4 Å². The highest BCUT2D eigenvalue weighted by molar-refractivity contribution is 5.71. The van der Waals surface area contributed by atoms with Crippen LogP contribution in [-0.4, -0.2) is 213 Å². The topological polar surface area (TPSA) is 224 Å². The second-order valence-electron chi connectivity index (χ2n) is 19.4. The van der Waals surface area contributed by atoms with Crippen LogP contribution in [0.1, 0.15) is 66.7 Å². The third-order valence-electron chi connectivity index (χ3n) is 12.2. The summed E-state index contributed by atoms with van der Waals surface area (Å²) in [5.41, 5.74) is 2.89. The van der Waals surface area contributed by atoms with E-state index in [1.165, 1.54) is 0 Å². The van der Waals surface area contributed by atoms with Crippen LogP contribution >= 0.6 is 0 Å². The molecule has 0 aliphatic carbocycles. The first-order valence-electron chi connectivity index (χ1n) is 24.0. The summed E-state index contributed by atoms with van der Waals surface area (Å²) in [6.07, 6.45) is 7.15. The Balaban J connectivity index is 1.11. The van der Waals surface area contributed by atoms with Gasteiger partial charge in [-0.1, -0.05) is 26.1 Å². The number of aliphatic carboxylic acids is 2. The molecule has 380 valence electrons. The number of carboxylic acid groups (broad SMARTS) is 2. The molecule has 69 heavy (non-hydrogen) atoms. The highest BCUT2D eigenvalue weighted by atomic mass is 16.5. The quantitative estimate of drug-likeness (QED) is 0.0627. The summed E-state index contributed by atoms with van der Waals surface area (Å²) in [6.45, 7) is 26.2. The van der Waals surface area contributed by atoms with Gasteiger partial charge < -0.3 is 35.2 Å². The molecule has 1 aliphatic rings. The molecule has 0 atom stereocenters. The van der Waals surface area contributed by atoms with Gasteiger partial charge in [0.25, 0.3) is 0 Å². The highest BCUT2D eigenvalue weighted by Gasteiger charge is 2.32. The lowest BCUT2D eigenvalue weighted by Crippen LogP contribution is -2.54. The summed E-state index contributed by atoms with van der Waals surface area (Å²) in [7, 11) is 3.88. The van der Waals surface area contributed by atoms with Gasteiger partial charge in [0.1, 0.15) is 17.9 Å². The standard InChI is InChI=1S/C49H77N13O7/c1-10-58-23-25-59(27-28-61(37-45(66)67)30-29-60(26-24-58)36-44(64)65)35-43(63)62(8,9)31-19-48(4,5)68-32-20-49(6,7)69-33-22-50-38(2)14-13-15-39(3)53-40-17-18-42(52-34-40)47-56-54-46(55-57-47)41-16-11-12-21-51-41/h11-12,16-18,21,34,50H,2-3,10,13-15,19-20,22-33,35-37H2,1,4-9H3,(H2-,51,53,56,57,64,65,66,67)/p+1. The van der Waals surface area contributed by atoms with Gasteiger partial charge in [0, 0.05) is 82.9 Å². The van der Waals surface area contributed by atoms with Gasteiger partial charge in [-0.3, -0.25) is 38.7 Å². The number of hydrogen-bond donors (Lipinski definition) is 4. The minimum absolute atomic E-state index is 0.0796. The fourth-order valence-electron chi connectivity index (χ4n) is 7.48. The van der Waals surface area contributed by atoms with Crippen molar-refractivity contribution >= 4 is 23.5 Å². The maximum atomic E-state index is 13.9. The minimum Gasteiger partial charge on any atom is -0.480 e. The summed E-state index contributed by atoms with van der Waals surface area (Å²) >= 11 is 0. The SMILES string of the molecule is C=C(CCCC(=C)Nc1ccc(-c2nnc(-c3ccccn3)nn2)nc1)NCCOC(C)(C)CCOC(C)(C)CC[N+](C)(C)C(=O)CN1CCN(CC)CCN(CC(=O)O)CCN(CC(=O)O)CC1. The van der Waals surface area contributed by atoms with E-state index in [-0.39, 0.29) is 30.0 Å². The molecule has 0 radical (unpaired) electrons. The Hall–Kier alpha value is -5.35. The van der Waals surface area contributed by atoms with E-state index in [1.807, 2.05) is 42.1 Å². The molecule has 3 aromatic heterocycles. The second kappa shape index (κ2) is 27.7. The van der Waals surface area contributed by atoms with Gasteiger partial charge in [-0.2, -0.15) is 0 Å². The van der Waals surface area contributed by atoms with Crippen molar-refractivity contribution in [3.05, 3.63) is 67.3 Å². The molecule has 0 unspecified atom stereocenters. The highest BCUT2D eigenvalue weighted by Crippen LogP contribution is 2.22. The van der Waals surface area contributed by atoms with Crippen molar-refractivity contribution in [2.24, 2.45) is 0 Å². The number of carbonyl (C=O) groups is 3. The molecule has 20 nitrogen and oxygen atoms in total. The van der Waals surface area contributed by atoms with E-state index in [0.29, 0.717) is 108 Å². The third-order valence-corrected chi connectivity index (χ3v) is 12.2. The van der Waals surface area contributed by atoms with Crippen molar-refractivity contribution in [2.45, 2.75) is 77.9 Å². The number of carboxylic acids is 2. The fraction of sp³-hybridized carbons (Fsp3) is 0.612. The van der Waals surface area contributed by atoms with Crippen molar-refractivity contribution in [2.75, 3.05) is 124 Å². The molecule has 20 heteroatoms. The Morgan fingerprint density at radius 1 is 0.696 bits per heavy atom. The monoisotopic (exact) mass is 961 g/mol. The molecular formula is C49H78N13O7+. The maximum Gasteiger partial charge on any atom is 0.327 e. The van der Waals surface area contributed by atoms with Crippen LogP contribution in [0.15, 0.2) is 67.3 Å². The Kier molecular flexibility index (Phi) is 22.6. The van der Waals surface area contributed by atoms with Gasteiger partial charge in [0.15, 0.2) is 0 Å². The van der Waals surface area contributed by atoms with Crippen molar-refractivity contribution in [3.63, 3.8) is 0 Å². The number of allylic oxidation sites excluding steroid dienone is 2. The number of rotatable bonds is 27. The zero-order chi connectivity index (χ0) is 50.5. The van der Waals surface area contributed by atoms with Crippen LogP contribution in [-0.2, 0) is 23.9 Å². The lowest BCUT2D eigenvalue weighted by Gasteiger charge is -2.35. The van der Waals surface area contributed by atoms with E-state index in [9.17, 15) is 24.6 Å². The first-order valence-corrected chi connectivity index (χ1v) is 24.0. The molecular weight excluding hydrogens is 883 g/mol. The Morgan fingerprint density at radius 2 is 1.22 bits per heavy atom. The Labute approximate surface area is 408 Å². The second-order valence-corrected chi connectivity index (χ2v) is 19.4. The van der Waals surface area contributed by atoms with Gasteiger partial charge in [-0.05, 0) is 84.2 Å². The van der Waals surface area contributed by atoms with Crippen LogP contribution < -0.4 is 10.6 Å². The number of amides is 1. The molecule has 0 bridgehead atoms. The number of nitrogens with one attached hydrogen (secondary N) is 2. The van der Waals surface area contributed by atoms with Crippen molar-refractivity contribution in [1.82, 2.24) is 55.3 Å². The summed E-state index contributed by atoms with van der Waals surface area (Å²) in [6, 6.07) is 9.16. The molecule has 1 fully saturated rings. The van der Waals surface area contributed by atoms with Gasteiger partial charge in [0.05, 0.1) is 70.0 Å². The van der Waals surface area contributed by atoms with Gasteiger partial charge >= 0.3 is 17.8 Å². The molecule has 0 aromatic carbocycles. The third kappa shape index (κ3) is 21.5. The van der Waals surface area contributed by atoms with Crippen molar-refractivity contribution in [1.29, 1.82) is 0 Å². The predicted octanol–water partition coefficient (Wildman–Crippen LogP) is 3.97.